The second-order valence-corrected chi connectivity index (χ2v) is 1.96. The second-order valence-electron chi connectivity index (χ2n) is 1.96. The topological polar surface area (TPSA) is 75.1 Å². The summed E-state index contributed by atoms with van der Waals surface area (Å²) in [5.74, 6) is -0.594. The highest BCUT2D eigenvalue weighted by molar-refractivity contribution is 5.93. The van der Waals surface area contributed by atoms with E-state index in [2.05, 4.69) is 9.97 Å². The van der Waals surface area contributed by atoms with Crippen molar-refractivity contribution in [2.45, 2.75) is 6.92 Å². The summed E-state index contributed by atoms with van der Waals surface area (Å²) in [7, 11) is 0. The standard InChI is InChI=1S/C6H7N3O2/c1-4-5(6(10)9-11)2-7-3-8-4/h2-3,11H,1H3,(H,9,10). The van der Waals surface area contributed by atoms with Crippen LogP contribution < -0.4 is 5.48 Å². The highest BCUT2D eigenvalue weighted by atomic mass is 16.5. The number of aromatic nitrogens is 2. The molecular formula is C6H7N3O2. The molecule has 0 spiro atoms. The summed E-state index contributed by atoms with van der Waals surface area (Å²) in [6.45, 7) is 1.66. The normalized spacial score (nSPS) is 9.27. The third kappa shape index (κ3) is 1.50. The molecule has 11 heavy (non-hydrogen) atoms. The lowest BCUT2D eigenvalue weighted by Gasteiger charge is -1.99. The molecule has 0 radical (unpaired) electrons. The van der Waals surface area contributed by atoms with Crippen LogP contribution in [0.1, 0.15) is 16.1 Å². The minimum Gasteiger partial charge on any atom is -0.288 e. The molecule has 0 saturated carbocycles. The van der Waals surface area contributed by atoms with Crippen molar-refractivity contribution in [3.63, 3.8) is 0 Å². The van der Waals surface area contributed by atoms with Crippen LogP contribution >= 0.6 is 0 Å². The Balaban J connectivity index is 3.03. The molecule has 5 nitrogen and oxygen atoms in total. The van der Waals surface area contributed by atoms with Crippen LogP contribution in [-0.2, 0) is 0 Å². The highest BCUT2D eigenvalue weighted by Crippen LogP contribution is 1.99. The summed E-state index contributed by atoms with van der Waals surface area (Å²) in [5.41, 5.74) is 2.31. The molecule has 0 aromatic carbocycles. The number of hydroxylamine groups is 1. The minimum absolute atomic E-state index is 0.273. The fourth-order valence-electron chi connectivity index (χ4n) is 0.674. The molecule has 0 saturated heterocycles. The van der Waals surface area contributed by atoms with Gasteiger partial charge in [-0.2, -0.15) is 0 Å². The van der Waals surface area contributed by atoms with Gasteiger partial charge < -0.3 is 0 Å². The molecule has 0 unspecified atom stereocenters. The van der Waals surface area contributed by atoms with Crippen molar-refractivity contribution in [3.8, 4) is 0 Å². The number of amides is 1. The number of carbonyl (C=O) groups excluding carboxylic acids is 1. The van der Waals surface area contributed by atoms with Crippen LogP contribution in [0.15, 0.2) is 12.5 Å². The molecule has 1 aromatic heterocycles. The smallest absolute Gasteiger partial charge is 0.278 e. The quantitative estimate of drug-likeness (QED) is 0.436. The fraction of sp³-hybridized carbons (Fsp3) is 0.167. The van der Waals surface area contributed by atoms with E-state index in [4.69, 9.17) is 5.21 Å². The predicted octanol–water partition coefficient (Wildman–Crippen LogP) is -0.0960. The van der Waals surface area contributed by atoms with Gasteiger partial charge in [0.25, 0.3) is 5.91 Å². The maximum Gasteiger partial charge on any atom is 0.278 e. The molecule has 2 N–H and O–H groups in total. The molecule has 1 amide bonds. The number of nitrogens with zero attached hydrogens (tertiary/aromatic N) is 2. The van der Waals surface area contributed by atoms with Crippen LogP contribution in [0.2, 0.25) is 0 Å². The number of rotatable bonds is 1. The largest absolute Gasteiger partial charge is 0.288 e. The molecule has 0 aliphatic rings. The zero-order chi connectivity index (χ0) is 8.27. The zero-order valence-electron chi connectivity index (χ0n) is 5.90. The maximum atomic E-state index is 10.8. The van der Waals surface area contributed by atoms with Crippen LogP contribution in [-0.4, -0.2) is 21.1 Å². The van der Waals surface area contributed by atoms with Gasteiger partial charge in [-0.25, -0.2) is 15.4 Å². The molecule has 1 rings (SSSR count). The number of hydrogen-bond acceptors (Lipinski definition) is 4. The third-order valence-electron chi connectivity index (χ3n) is 1.26. The molecule has 1 aromatic rings. The van der Waals surface area contributed by atoms with Crippen molar-refractivity contribution >= 4 is 5.91 Å². The van der Waals surface area contributed by atoms with E-state index < -0.39 is 5.91 Å². The Bertz CT molecular complexity index is 274. The lowest BCUT2D eigenvalue weighted by atomic mass is 10.2. The zero-order valence-corrected chi connectivity index (χ0v) is 5.90. The molecule has 1 heterocycles. The Kier molecular flexibility index (Phi) is 2.12. The van der Waals surface area contributed by atoms with Gasteiger partial charge in [0.15, 0.2) is 0 Å². The Morgan fingerprint density at radius 1 is 1.73 bits per heavy atom. The predicted molar refractivity (Wildman–Crippen MR) is 36.0 cm³/mol. The van der Waals surface area contributed by atoms with Crippen LogP contribution in [0.3, 0.4) is 0 Å². The minimum atomic E-state index is -0.594. The van der Waals surface area contributed by atoms with Gasteiger partial charge in [0.05, 0.1) is 11.3 Å². The van der Waals surface area contributed by atoms with Crippen molar-refractivity contribution in [1.82, 2.24) is 15.4 Å². The number of nitrogens with one attached hydrogen (secondary N) is 1. The van der Waals surface area contributed by atoms with Crippen molar-refractivity contribution < 1.29 is 10.0 Å². The average molecular weight is 153 g/mol. The SMILES string of the molecule is Cc1ncncc1C(=O)NO. The summed E-state index contributed by atoms with van der Waals surface area (Å²) in [6.07, 6.45) is 2.68. The molecule has 0 atom stereocenters. The van der Waals surface area contributed by atoms with Gasteiger partial charge in [-0.3, -0.25) is 10.0 Å². The summed E-state index contributed by atoms with van der Waals surface area (Å²) in [6, 6.07) is 0. The van der Waals surface area contributed by atoms with E-state index in [0.717, 1.165) is 0 Å². The molecular weight excluding hydrogens is 146 g/mol. The Morgan fingerprint density at radius 3 is 3.00 bits per heavy atom. The molecule has 0 bridgehead atoms. The van der Waals surface area contributed by atoms with Gasteiger partial charge in [0.2, 0.25) is 0 Å². The summed E-state index contributed by atoms with van der Waals surface area (Å²) < 4.78 is 0. The Labute approximate surface area is 63.1 Å². The van der Waals surface area contributed by atoms with Crippen molar-refractivity contribution in [2.75, 3.05) is 0 Å². The molecule has 58 valence electrons. The first-order chi connectivity index (χ1) is 5.25. The van der Waals surface area contributed by atoms with E-state index in [0.29, 0.717) is 5.69 Å². The number of aryl methyl sites for hydroxylation is 1. The van der Waals surface area contributed by atoms with Crippen LogP contribution in [0.25, 0.3) is 0 Å². The van der Waals surface area contributed by atoms with E-state index in [9.17, 15) is 4.79 Å². The van der Waals surface area contributed by atoms with E-state index in [1.54, 1.807) is 6.92 Å². The average Bonchev–Trinajstić information content (AvgIpc) is 2.04. The van der Waals surface area contributed by atoms with Crippen molar-refractivity contribution in [2.24, 2.45) is 0 Å². The van der Waals surface area contributed by atoms with Gasteiger partial charge in [0.1, 0.15) is 6.33 Å². The van der Waals surface area contributed by atoms with Gasteiger partial charge >= 0.3 is 0 Å². The fourth-order valence-corrected chi connectivity index (χ4v) is 0.674. The van der Waals surface area contributed by atoms with E-state index in [-0.39, 0.29) is 5.56 Å². The molecule has 0 aliphatic carbocycles. The molecule has 0 aliphatic heterocycles. The van der Waals surface area contributed by atoms with Crippen LogP contribution in [0.4, 0.5) is 0 Å². The summed E-state index contributed by atoms with van der Waals surface area (Å²) in [5, 5.41) is 8.26. The van der Waals surface area contributed by atoms with E-state index in [1.165, 1.54) is 18.0 Å². The first-order valence-electron chi connectivity index (χ1n) is 2.96. The summed E-state index contributed by atoms with van der Waals surface area (Å²) >= 11 is 0. The number of hydrogen-bond donors (Lipinski definition) is 2. The summed E-state index contributed by atoms with van der Waals surface area (Å²) in [4.78, 5) is 18.2. The first-order valence-corrected chi connectivity index (χ1v) is 2.96. The van der Waals surface area contributed by atoms with Gasteiger partial charge in [-0.15, -0.1) is 0 Å². The maximum absolute atomic E-state index is 10.8. The highest BCUT2D eigenvalue weighted by Gasteiger charge is 2.07. The molecule has 0 fully saturated rings. The van der Waals surface area contributed by atoms with Crippen LogP contribution in [0.5, 0.6) is 0 Å². The molecule has 5 heteroatoms. The Hall–Kier alpha value is -1.49. The van der Waals surface area contributed by atoms with Gasteiger partial charge in [0, 0.05) is 6.20 Å². The Morgan fingerprint density at radius 2 is 2.45 bits per heavy atom. The number of carbonyl (C=O) groups is 1. The monoisotopic (exact) mass is 153 g/mol. The lowest BCUT2D eigenvalue weighted by Crippen LogP contribution is -2.20. The van der Waals surface area contributed by atoms with Crippen LogP contribution in [0, 0.1) is 6.92 Å². The van der Waals surface area contributed by atoms with Crippen molar-refractivity contribution in [3.05, 3.63) is 23.8 Å². The van der Waals surface area contributed by atoms with E-state index in [1.807, 2.05) is 0 Å². The van der Waals surface area contributed by atoms with Gasteiger partial charge in [-0.05, 0) is 6.92 Å². The second kappa shape index (κ2) is 3.07. The van der Waals surface area contributed by atoms with Crippen molar-refractivity contribution in [1.29, 1.82) is 0 Å². The third-order valence-corrected chi connectivity index (χ3v) is 1.26. The lowest BCUT2D eigenvalue weighted by molar-refractivity contribution is 0.0704. The van der Waals surface area contributed by atoms with Gasteiger partial charge in [-0.1, -0.05) is 0 Å². The first kappa shape index (κ1) is 7.62. The van der Waals surface area contributed by atoms with E-state index >= 15 is 0 Å².